The molecule has 0 heterocycles. The standard InChI is InChI=1S/C6H15NO2.C6H6O/c1-5(8)3-7-4-6(2)9;7-6-4-2-1-3-5-6/h5-9H,3-4H2,1-2H3;1-5,7H. The fraction of sp³-hybridized carbons (Fsp3) is 0.500. The molecule has 0 aliphatic rings. The lowest BCUT2D eigenvalue weighted by molar-refractivity contribution is 0.164. The number of phenolic OH excluding ortho intramolecular Hbond substituents is 1. The average molecular weight is 227 g/mol. The van der Waals surface area contributed by atoms with Crippen LogP contribution in [0.15, 0.2) is 30.3 Å². The van der Waals surface area contributed by atoms with E-state index >= 15 is 0 Å². The van der Waals surface area contributed by atoms with Crippen LogP contribution in [-0.4, -0.2) is 40.6 Å². The van der Waals surface area contributed by atoms with E-state index in [-0.39, 0.29) is 12.2 Å². The molecule has 0 aliphatic heterocycles. The number of hydrogen-bond donors (Lipinski definition) is 4. The Bertz CT molecular complexity index is 242. The predicted molar refractivity (Wildman–Crippen MR) is 64.3 cm³/mol. The minimum absolute atomic E-state index is 0.322. The molecule has 0 saturated heterocycles. The molecule has 2 unspecified atom stereocenters. The van der Waals surface area contributed by atoms with Crippen LogP contribution in [-0.2, 0) is 0 Å². The normalized spacial score (nSPS) is 13.5. The van der Waals surface area contributed by atoms with Gasteiger partial charge in [-0.3, -0.25) is 0 Å². The third kappa shape index (κ3) is 11.0. The summed E-state index contributed by atoms with van der Waals surface area (Å²) in [5.41, 5.74) is 0. The molecule has 0 radical (unpaired) electrons. The second-order valence-electron chi connectivity index (χ2n) is 3.69. The van der Waals surface area contributed by atoms with Gasteiger partial charge in [0, 0.05) is 13.1 Å². The van der Waals surface area contributed by atoms with Crippen LogP contribution in [0.1, 0.15) is 13.8 Å². The van der Waals surface area contributed by atoms with Gasteiger partial charge in [0.25, 0.3) is 0 Å². The predicted octanol–water partition coefficient (Wildman–Crippen LogP) is 0.730. The highest BCUT2D eigenvalue weighted by Gasteiger charge is 1.96. The summed E-state index contributed by atoms with van der Waals surface area (Å²) in [4.78, 5) is 0. The van der Waals surface area contributed by atoms with Crippen LogP contribution < -0.4 is 5.32 Å². The summed E-state index contributed by atoms with van der Waals surface area (Å²) in [6.07, 6.45) is -0.660. The third-order valence-corrected chi connectivity index (χ3v) is 1.64. The summed E-state index contributed by atoms with van der Waals surface area (Å²) in [6, 6.07) is 8.71. The Hall–Kier alpha value is -1.10. The van der Waals surface area contributed by atoms with E-state index in [0.29, 0.717) is 18.8 Å². The Morgan fingerprint density at radius 1 is 1.00 bits per heavy atom. The molecule has 4 N–H and O–H groups in total. The first kappa shape index (κ1) is 14.9. The molecule has 1 aromatic carbocycles. The maximum atomic E-state index is 8.72. The van der Waals surface area contributed by atoms with Gasteiger partial charge in [-0.15, -0.1) is 0 Å². The number of aliphatic hydroxyl groups excluding tert-OH is 2. The number of aromatic hydroxyl groups is 1. The molecule has 0 bridgehead atoms. The monoisotopic (exact) mass is 227 g/mol. The molecular weight excluding hydrogens is 206 g/mol. The van der Waals surface area contributed by atoms with Crippen LogP contribution in [0.5, 0.6) is 5.75 Å². The molecule has 92 valence electrons. The molecule has 0 saturated carbocycles. The number of benzene rings is 1. The molecule has 0 aromatic heterocycles. The van der Waals surface area contributed by atoms with Crippen molar-refractivity contribution < 1.29 is 15.3 Å². The molecule has 0 amide bonds. The zero-order valence-electron chi connectivity index (χ0n) is 9.80. The molecule has 4 nitrogen and oxygen atoms in total. The fourth-order valence-corrected chi connectivity index (χ4v) is 0.929. The fourth-order valence-electron chi connectivity index (χ4n) is 0.929. The van der Waals surface area contributed by atoms with E-state index in [1.807, 2.05) is 6.07 Å². The van der Waals surface area contributed by atoms with Crippen molar-refractivity contribution >= 4 is 0 Å². The van der Waals surface area contributed by atoms with Gasteiger partial charge >= 0.3 is 0 Å². The van der Waals surface area contributed by atoms with Gasteiger partial charge in [-0.2, -0.15) is 0 Å². The number of hydrogen-bond acceptors (Lipinski definition) is 4. The van der Waals surface area contributed by atoms with E-state index in [1.165, 1.54) is 0 Å². The van der Waals surface area contributed by atoms with Crippen LogP contribution >= 0.6 is 0 Å². The van der Waals surface area contributed by atoms with Gasteiger partial charge in [0.15, 0.2) is 0 Å². The van der Waals surface area contributed by atoms with E-state index in [4.69, 9.17) is 15.3 Å². The summed E-state index contributed by atoms with van der Waals surface area (Å²) in [7, 11) is 0. The molecule has 0 fully saturated rings. The van der Waals surface area contributed by atoms with Gasteiger partial charge in [-0.1, -0.05) is 18.2 Å². The van der Waals surface area contributed by atoms with Crippen LogP contribution in [0.4, 0.5) is 0 Å². The molecular formula is C12H21NO3. The lowest BCUT2D eigenvalue weighted by Gasteiger charge is -2.07. The van der Waals surface area contributed by atoms with Crippen molar-refractivity contribution in [1.82, 2.24) is 5.32 Å². The summed E-state index contributed by atoms with van der Waals surface area (Å²) < 4.78 is 0. The van der Waals surface area contributed by atoms with Gasteiger partial charge in [-0.25, -0.2) is 0 Å². The molecule has 2 atom stereocenters. The highest BCUT2D eigenvalue weighted by atomic mass is 16.3. The average Bonchev–Trinajstić information content (AvgIpc) is 2.18. The Morgan fingerprint density at radius 2 is 1.44 bits per heavy atom. The van der Waals surface area contributed by atoms with Crippen LogP contribution in [0.2, 0.25) is 0 Å². The topological polar surface area (TPSA) is 72.7 Å². The molecule has 1 rings (SSSR count). The molecule has 4 heteroatoms. The lowest BCUT2D eigenvalue weighted by Crippen LogP contribution is -2.30. The van der Waals surface area contributed by atoms with Crippen LogP contribution in [0, 0.1) is 0 Å². The summed E-state index contributed by atoms with van der Waals surface area (Å²) >= 11 is 0. The van der Waals surface area contributed by atoms with Crippen molar-refractivity contribution in [2.24, 2.45) is 0 Å². The van der Waals surface area contributed by atoms with Gasteiger partial charge in [0.2, 0.25) is 0 Å². The lowest BCUT2D eigenvalue weighted by atomic mass is 10.3. The van der Waals surface area contributed by atoms with Crippen molar-refractivity contribution in [2.75, 3.05) is 13.1 Å². The largest absolute Gasteiger partial charge is 0.508 e. The van der Waals surface area contributed by atoms with E-state index in [9.17, 15) is 0 Å². The minimum Gasteiger partial charge on any atom is -0.508 e. The van der Waals surface area contributed by atoms with Crippen LogP contribution in [0.25, 0.3) is 0 Å². The molecule has 16 heavy (non-hydrogen) atoms. The number of aliphatic hydroxyl groups is 2. The highest BCUT2D eigenvalue weighted by Crippen LogP contribution is 2.02. The SMILES string of the molecule is CC(O)CNCC(C)O.Oc1ccccc1. The zero-order valence-corrected chi connectivity index (χ0v) is 9.80. The summed E-state index contributed by atoms with van der Waals surface area (Å²) in [5, 5.41) is 29.0. The first-order valence-corrected chi connectivity index (χ1v) is 5.33. The van der Waals surface area contributed by atoms with Gasteiger partial charge in [-0.05, 0) is 26.0 Å². The number of para-hydroxylation sites is 1. The Kier molecular flexibility index (Phi) is 8.52. The van der Waals surface area contributed by atoms with Gasteiger partial charge in [0.1, 0.15) is 5.75 Å². The van der Waals surface area contributed by atoms with Crippen molar-refractivity contribution in [2.45, 2.75) is 26.1 Å². The minimum atomic E-state index is -0.330. The second-order valence-corrected chi connectivity index (χ2v) is 3.69. The van der Waals surface area contributed by atoms with Crippen molar-refractivity contribution in [3.63, 3.8) is 0 Å². The number of rotatable bonds is 4. The molecule has 0 spiro atoms. The summed E-state index contributed by atoms with van der Waals surface area (Å²) in [5.74, 6) is 0.322. The van der Waals surface area contributed by atoms with E-state index in [2.05, 4.69) is 5.32 Å². The van der Waals surface area contributed by atoms with Gasteiger partial charge < -0.3 is 20.6 Å². The zero-order chi connectivity index (χ0) is 12.4. The number of nitrogens with one attached hydrogen (secondary N) is 1. The first-order chi connectivity index (χ1) is 7.52. The quantitative estimate of drug-likeness (QED) is 0.612. The van der Waals surface area contributed by atoms with Crippen molar-refractivity contribution in [3.05, 3.63) is 30.3 Å². The van der Waals surface area contributed by atoms with Gasteiger partial charge in [0.05, 0.1) is 12.2 Å². The maximum Gasteiger partial charge on any atom is 0.115 e. The maximum absolute atomic E-state index is 8.72. The first-order valence-electron chi connectivity index (χ1n) is 5.33. The van der Waals surface area contributed by atoms with Crippen molar-refractivity contribution in [3.8, 4) is 5.75 Å². The van der Waals surface area contributed by atoms with Crippen molar-refractivity contribution in [1.29, 1.82) is 0 Å². The Balaban J connectivity index is 0.000000288. The van der Waals surface area contributed by atoms with E-state index in [0.717, 1.165) is 0 Å². The Morgan fingerprint density at radius 3 is 1.69 bits per heavy atom. The number of phenols is 1. The highest BCUT2D eigenvalue weighted by molar-refractivity contribution is 5.18. The van der Waals surface area contributed by atoms with E-state index in [1.54, 1.807) is 38.1 Å². The second kappa shape index (κ2) is 9.15. The van der Waals surface area contributed by atoms with Crippen LogP contribution in [0.3, 0.4) is 0 Å². The third-order valence-electron chi connectivity index (χ3n) is 1.64. The van der Waals surface area contributed by atoms with E-state index < -0.39 is 0 Å². The molecule has 0 aliphatic carbocycles. The Labute approximate surface area is 96.6 Å². The molecule has 1 aromatic rings. The smallest absolute Gasteiger partial charge is 0.115 e. The summed E-state index contributed by atoms with van der Waals surface area (Å²) in [6.45, 7) is 4.50.